The predicted octanol–water partition coefficient (Wildman–Crippen LogP) is 4.90. The van der Waals surface area contributed by atoms with Crippen LogP contribution in [0.2, 0.25) is 5.02 Å². The second-order valence-corrected chi connectivity index (χ2v) is 7.34. The molecule has 4 aromatic rings. The first kappa shape index (κ1) is 20.6. The summed E-state index contributed by atoms with van der Waals surface area (Å²) in [5.41, 5.74) is 1.60. The Morgan fingerprint density at radius 2 is 1.81 bits per heavy atom. The van der Waals surface area contributed by atoms with Crippen LogP contribution in [0.3, 0.4) is 0 Å². The fraction of sp³-hybridized carbons (Fsp3) is 0.125. The summed E-state index contributed by atoms with van der Waals surface area (Å²) in [7, 11) is 0. The molecule has 0 atom stereocenters. The summed E-state index contributed by atoms with van der Waals surface area (Å²) in [5.74, 6) is 0.0979. The van der Waals surface area contributed by atoms with E-state index in [1.165, 1.54) is 0 Å². The van der Waals surface area contributed by atoms with Gasteiger partial charge < -0.3 is 10.1 Å². The molecule has 0 spiro atoms. The Bertz CT molecular complexity index is 1290. The van der Waals surface area contributed by atoms with Gasteiger partial charge in [-0.1, -0.05) is 41.9 Å². The van der Waals surface area contributed by atoms with Crippen molar-refractivity contribution in [3.63, 3.8) is 0 Å². The molecule has 0 saturated heterocycles. The number of nitrogens with zero attached hydrogens (tertiary/aromatic N) is 2. The van der Waals surface area contributed by atoms with E-state index in [1.807, 2.05) is 37.3 Å². The maximum atomic E-state index is 12.8. The largest absolute Gasteiger partial charge is 0.489 e. The van der Waals surface area contributed by atoms with Crippen molar-refractivity contribution in [1.29, 1.82) is 0 Å². The number of carbonyl (C=O) groups is 1. The van der Waals surface area contributed by atoms with Crippen molar-refractivity contribution in [1.82, 2.24) is 9.78 Å². The van der Waals surface area contributed by atoms with Crippen LogP contribution < -0.4 is 15.5 Å². The van der Waals surface area contributed by atoms with Crippen molar-refractivity contribution in [3.8, 4) is 5.75 Å². The summed E-state index contributed by atoms with van der Waals surface area (Å²) in [6, 6.07) is 21.8. The van der Waals surface area contributed by atoms with E-state index in [-0.39, 0.29) is 5.69 Å². The molecule has 1 N–H and O–H groups in total. The average Bonchev–Trinajstić information content (AvgIpc) is 2.80. The molecule has 0 aliphatic heterocycles. The van der Waals surface area contributed by atoms with E-state index in [4.69, 9.17) is 16.3 Å². The highest BCUT2D eigenvalue weighted by atomic mass is 35.5. The minimum atomic E-state index is -0.577. The summed E-state index contributed by atoms with van der Waals surface area (Å²) in [4.78, 5) is 25.6. The van der Waals surface area contributed by atoms with Gasteiger partial charge >= 0.3 is 0 Å². The number of aromatic nitrogens is 2. The van der Waals surface area contributed by atoms with Crippen LogP contribution in [0, 0.1) is 0 Å². The summed E-state index contributed by atoms with van der Waals surface area (Å²) in [5, 5.41) is 7.76. The van der Waals surface area contributed by atoms with Crippen LogP contribution in [0.5, 0.6) is 5.75 Å². The molecule has 3 aromatic carbocycles. The molecule has 0 fully saturated rings. The number of aryl methyl sites for hydroxylation is 1. The number of rotatable bonds is 6. The first-order valence-electron chi connectivity index (χ1n) is 9.83. The van der Waals surface area contributed by atoms with Gasteiger partial charge in [0, 0.05) is 17.3 Å². The Labute approximate surface area is 184 Å². The Morgan fingerprint density at radius 1 is 1.06 bits per heavy atom. The third-order valence-corrected chi connectivity index (χ3v) is 5.03. The van der Waals surface area contributed by atoms with Crippen molar-refractivity contribution >= 4 is 34.1 Å². The van der Waals surface area contributed by atoms with Gasteiger partial charge in [0.25, 0.3) is 5.91 Å². The lowest BCUT2D eigenvalue weighted by atomic mass is 10.2. The number of anilines is 1. The SMILES string of the molecule is CCn1nc(C(=O)Nc2ccc(OCc3ccccc3)cc2)c(=O)c2cc(Cl)ccc21. The van der Waals surface area contributed by atoms with Gasteiger partial charge in [0.1, 0.15) is 12.4 Å². The maximum absolute atomic E-state index is 12.8. The zero-order valence-corrected chi connectivity index (χ0v) is 17.6. The molecule has 156 valence electrons. The van der Waals surface area contributed by atoms with Gasteiger partial charge in [0.2, 0.25) is 5.43 Å². The summed E-state index contributed by atoms with van der Waals surface area (Å²) in [6.45, 7) is 2.85. The van der Waals surface area contributed by atoms with Crippen LogP contribution in [-0.2, 0) is 13.2 Å². The van der Waals surface area contributed by atoms with Gasteiger partial charge in [-0.2, -0.15) is 5.10 Å². The van der Waals surface area contributed by atoms with Crippen LogP contribution in [0.1, 0.15) is 23.0 Å². The van der Waals surface area contributed by atoms with E-state index in [0.29, 0.717) is 40.5 Å². The standard InChI is InChI=1S/C24H20ClN3O3/c1-2-28-21-13-8-17(25)14-20(21)23(29)22(27-28)24(30)26-18-9-11-19(12-10-18)31-15-16-6-4-3-5-7-16/h3-14H,2,15H2,1H3,(H,26,30). The van der Waals surface area contributed by atoms with E-state index < -0.39 is 11.3 Å². The molecule has 1 heterocycles. The first-order chi connectivity index (χ1) is 15.0. The van der Waals surface area contributed by atoms with Crippen molar-refractivity contribution in [2.24, 2.45) is 0 Å². The zero-order valence-electron chi connectivity index (χ0n) is 16.8. The molecule has 0 radical (unpaired) electrons. The monoisotopic (exact) mass is 433 g/mol. The first-order valence-corrected chi connectivity index (χ1v) is 10.2. The molecule has 7 heteroatoms. The Kier molecular flexibility index (Phi) is 6.00. The van der Waals surface area contributed by atoms with Crippen LogP contribution in [-0.4, -0.2) is 15.7 Å². The molecule has 0 bridgehead atoms. The maximum Gasteiger partial charge on any atom is 0.280 e. The van der Waals surface area contributed by atoms with Crippen LogP contribution in [0.4, 0.5) is 5.69 Å². The molecule has 4 rings (SSSR count). The van der Waals surface area contributed by atoms with Crippen molar-refractivity contribution < 1.29 is 9.53 Å². The number of carbonyl (C=O) groups excluding carboxylic acids is 1. The molecule has 0 aliphatic rings. The van der Waals surface area contributed by atoms with Gasteiger partial charge in [-0.25, -0.2) is 0 Å². The molecule has 1 aromatic heterocycles. The second-order valence-electron chi connectivity index (χ2n) is 6.91. The number of amides is 1. The lowest BCUT2D eigenvalue weighted by Crippen LogP contribution is -2.27. The summed E-state index contributed by atoms with van der Waals surface area (Å²) in [6.07, 6.45) is 0. The lowest BCUT2D eigenvalue weighted by molar-refractivity contribution is 0.101. The van der Waals surface area contributed by atoms with Gasteiger partial charge in [-0.05, 0) is 55.0 Å². The van der Waals surface area contributed by atoms with E-state index in [2.05, 4.69) is 10.4 Å². The van der Waals surface area contributed by atoms with Crippen molar-refractivity contribution in [3.05, 3.63) is 99.3 Å². The van der Waals surface area contributed by atoms with E-state index in [0.717, 1.165) is 5.56 Å². The fourth-order valence-corrected chi connectivity index (χ4v) is 3.39. The third-order valence-electron chi connectivity index (χ3n) is 4.79. The number of benzene rings is 3. The molecular weight excluding hydrogens is 414 g/mol. The van der Waals surface area contributed by atoms with E-state index in [1.54, 1.807) is 47.1 Å². The van der Waals surface area contributed by atoms with Crippen molar-refractivity contribution in [2.75, 3.05) is 5.32 Å². The smallest absolute Gasteiger partial charge is 0.280 e. The summed E-state index contributed by atoms with van der Waals surface area (Å²) >= 11 is 6.05. The third kappa shape index (κ3) is 4.59. The van der Waals surface area contributed by atoms with Gasteiger partial charge in [0.05, 0.1) is 10.9 Å². The predicted molar refractivity (Wildman–Crippen MR) is 122 cm³/mol. The molecular formula is C24H20ClN3O3. The highest BCUT2D eigenvalue weighted by Crippen LogP contribution is 2.19. The van der Waals surface area contributed by atoms with Gasteiger partial charge in [0.15, 0.2) is 5.69 Å². The summed E-state index contributed by atoms with van der Waals surface area (Å²) < 4.78 is 7.37. The molecule has 1 amide bonds. The second kappa shape index (κ2) is 9.02. The number of halogens is 1. The molecule has 31 heavy (non-hydrogen) atoms. The Balaban J connectivity index is 1.52. The van der Waals surface area contributed by atoms with Gasteiger partial charge in [-0.15, -0.1) is 0 Å². The molecule has 6 nitrogen and oxygen atoms in total. The van der Waals surface area contributed by atoms with Crippen LogP contribution >= 0.6 is 11.6 Å². The Morgan fingerprint density at radius 3 is 2.52 bits per heavy atom. The highest BCUT2D eigenvalue weighted by Gasteiger charge is 2.17. The minimum Gasteiger partial charge on any atom is -0.489 e. The zero-order chi connectivity index (χ0) is 21.8. The Hall–Kier alpha value is -3.64. The number of nitrogens with one attached hydrogen (secondary N) is 1. The quantitative estimate of drug-likeness (QED) is 0.469. The van der Waals surface area contributed by atoms with Crippen molar-refractivity contribution in [2.45, 2.75) is 20.1 Å². The topological polar surface area (TPSA) is 73.2 Å². The number of hydrogen-bond donors (Lipinski definition) is 1. The number of ether oxygens (including phenoxy) is 1. The highest BCUT2D eigenvalue weighted by molar-refractivity contribution is 6.31. The van der Waals surface area contributed by atoms with E-state index in [9.17, 15) is 9.59 Å². The van der Waals surface area contributed by atoms with Gasteiger partial charge in [-0.3, -0.25) is 14.3 Å². The van der Waals surface area contributed by atoms with Crippen LogP contribution in [0.15, 0.2) is 77.6 Å². The normalized spacial score (nSPS) is 10.8. The molecule has 0 aliphatic carbocycles. The molecule has 0 unspecified atom stereocenters. The fourth-order valence-electron chi connectivity index (χ4n) is 3.22. The number of fused-ring (bicyclic) bond motifs is 1. The number of hydrogen-bond acceptors (Lipinski definition) is 4. The molecule has 0 saturated carbocycles. The average molecular weight is 434 g/mol. The minimum absolute atomic E-state index is 0.180. The van der Waals surface area contributed by atoms with E-state index >= 15 is 0 Å². The van der Waals surface area contributed by atoms with Crippen LogP contribution in [0.25, 0.3) is 10.9 Å². The lowest BCUT2D eigenvalue weighted by Gasteiger charge is -2.11.